The predicted molar refractivity (Wildman–Crippen MR) is 76.3 cm³/mol. The first-order chi connectivity index (χ1) is 8.37. The van der Waals surface area contributed by atoms with E-state index >= 15 is 0 Å². The Morgan fingerprint density at radius 1 is 1.28 bits per heavy atom. The van der Waals surface area contributed by atoms with Gasteiger partial charge in [-0.2, -0.15) is 0 Å². The van der Waals surface area contributed by atoms with Gasteiger partial charge >= 0.3 is 0 Å². The third kappa shape index (κ3) is 3.67. The monoisotopic (exact) mass is 249 g/mol. The Morgan fingerprint density at radius 3 is 2.28 bits per heavy atom. The highest BCUT2D eigenvalue weighted by molar-refractivity contribution is 5.29. The molecule has 18 heavy (non-hydrogen) atoms. The fourth-order valence-corrected chi connectivity index (χ4v) is 2.13. The topological polar surface area (TPSA) is 12.0 Å². The first-order valence-electron chi connectivity index (χ1n) is 6.52. The largest absolute Gasteiger partial charge is 0.310 e. The number of hydrogen-bond donors (Lipinski definition) is 1. The number of benzene rings is 1. The number of nitrogens with one attached hydrogen (secondary N) is 1. The summed E-state index contributed by atoms with van der Waals surface area (Å²) in [5, 5.41) is 3.50. The average Bonchev–Trinajstić information content (AvgIpc) is 2.28. The van der Waals surface area contributed by atoms with Crippen LogP contribution in [0, 0.1) is 5.82 Å². The molecular formula is C16H24FN. The van der Waals surface area contributed by atoms with E-state index in [0.29, 0.717) is 0 Å². The molecule has 1 N–H and O–H groups in total. The van der Waals surface area contributed by atoms with Crippen LogP contribution < -0.4 is 5.32 Å². The average molecular weight is 249 g/mol. The zero-order valence-corrected chi connectivity index (χ0v) is 12.0. The Balaban J connectivity index is 3.07. The van der Waals surface area contributed by atoms with Gasteiger partial charge in [0.2, 0.25) is 0 Å². The van der Waals surface area contributed by atoms with Gasteiger partial charge in [-0.15, -0.1) is 0 Å². The van der Waals surface area contributed by atoms with E-state index in [1.807, 2.05) is 12.1 Å². The summed E-state index contributed by atoms with van der Waals surface area (Å²) in [6, 6.07) is 7.06. The van der Waals surface area contributed by atoms with Crippen LogP contribution in [0.15, 0.2) is 35.9 Å². The fraction of sp³-hybridized carbons (Fsp3) is 0.500. The molecule has 2 heteroatoms. The van der Waals surface area contributed by atoms with Crippen molar-refractivity contribution in [3.63, 3.8) is 0 Å². The molecule has 0 saturated heterocycles. The molecule has 0 spiro atoms. The van der Waals surface area contributed by atoms with E-state index in [4.69, 9.17) is 0 Å². The van der Waals surface area contributed by atoms with Gasteiger partial charge in [0.25, 0.3) is 0 Å². The minimum absolute atomic E-state index is 0.0685. The second kappa shape index (κ2) is 6.14. The maximum absolute atomic E-state index is 13.0. The van der Waals surface area contributed by atoms with E-state index in [2.05, 4.69) is 46.0 Å². The van der Waals surface area contributed by atoms with Crippen LogP contribution in [-0.2, 0) is 5.41 Å². The molecule has 0 aliphatic carbocycles. The van der Waals surface area contributed by atoms with Crippen LogP contribution in [-0.4, -0.2) is 12.6 Å². The van der Waals surface area contributed by atoms with Crippen molar-refractivity contribution in [3.05, 3.63) is 47.3 Å². The van der Waals surface area contributed by atoms with Gasteiger partial charge in [0.15, 0.2) is 0 Å². The summed E-state index contributed by atoms with van der Waals surface area (Å²) in [7, 11) is 0. The molecule has 1 aromatic rings. The van der Waals surface area contributed by atoms with Crippen LogP contribution in [0.4, 0.5) is 4.39 Å². The summed E-state index contributed by atoms with van der Waals surface area (Å²) in [6.07, 6.45) is 2.24. The van der Waals surface area contributed by atoms with Gasteiger partial charge in [0.05, 0.1) is 0 Å². The zero-order chi connectivity index (χ0) is 13.8. The minimum atomic E-state index is -0.184. The highest BCUT2D eigenvalue weighted by Gasteiger charge is 2.29. The lowest BCUT2D eigenvalue weighted by atomic mass is 9.77. The molecule has 0 saturated carbocycles. The Kier molecular flexibility index (Phi) is 5.09. The lowest BCUT2D eigenvalue weighted by molar-refractivity contribution is 0.398. The highest BCUT2D eigenvalue weighted by Crippen LogP contribution is 2.28. The standard InChI is InChI=1S/C16H24FN/c1-6-18-15(11-12(2)3)16(4,5)13-7-9-14(17)10-8-13/h7-11,15,18H,6H2,1-5H3. The molecule has 1 rings (SSSR count). The lowest BCUT2D eigenvalue weighted by Crippen LogP contribution is -2.43. The first-order valence-corrected chi connectivity index (χ1v) is 6.52. The van der Waals surface area contributed by atoms with Crippen LogP contribution >= 0.6 is 0 Å². The van der Waals surface area contributed by atoms with Crippen LogP contribution in [0.25, 0.3) is 0 Å². The van der Waals surface area contributed by atoms with E-state index in [1.165, 1.54) is 17.7 Å². The molecule has 0 aromatic heterocycles. The number of hydrogen-bond acceptors (Lipinski definition) is 1. The van der Waals surface area contributed by atoms with Gasteiger partial charge in [-0.1, -0.05) is 44.6 Å². The van der Waals surface area contributed by atoms with Crippen molar-refractivity contribution in [3.8, 4) is 0 Å². The molecule has 1 atom stereocenters. The second-order valence-corrected chi connectivity index (χ2v) is 5.51. The van der Waals surface area contributed by atoms with Crippen LogP contribution in [0.5, 0.6) is 0 Å². The SMILES string of the molecule is CCNC(C=C(C)C)C(C)(C)c1ccc(F)cc1. The van der Waals surface area contributed by atoms with E-state index in [-0.39, 0.29) is 17.3 Å². The Labute approximate surface area is 110 Å². The summed E-state index contributed by atoms with van der Waals surface area (Å²) in [6.45, 7) is 11.6. The van der Waals surface area contributed by atoms with Crippen molar-refractivity contribution in [2.75, 3.05) is 6.54 Å². The van der Waals surface area contributed by atoms with Crippen molar-refractivity contribution in [2.24, 2.45) is 0 Å². The number of rotatable bonds is 5. The van der Waals surface area contributed by atoms with Crippen molar-refractivity contribution in [1.82, 2.24) is 5.32 Å². The van der Waals surface area contributed by atoms with Crippen molar-refractivity contribution < 1.29 is 4.39 Å². The minimum Gasteiger partial charge on any atom is -0.310 e. The summed E-state index contributed by atoms with van der Waals surface area (Å²) >= 11 is 0. The Bertz CT molecular complexity index is 400. The lowest BCUT2D eigenvalue weighted by Gasteiger charge is -2.34. The van der Waals surface area contributed by atoms with Crippen LogP contribution in [0.1, 0.15) is 40.2 Å². The van der Waals surface area contributed by atoms with Gasteiger partial charge in [-0.3, -0.25) is 0 Å². The van der Waals surface area contributed by atoms with E-state index in [0.717, 1.165) is 12.1 Å². The molecule has 0 bridgehead atoms. The molecule has 0 aliphatic heterocycles. The predicted octanol–water partition coefficient (Wildman–Crippen LogP) is 4.05. The van der Waals surface area contributed by atoms with Gasteiger partial charge < -0.3 is 5.32 Å². The van der Waals surface area contributed by atoms with Gasteiger partial charge in [0, 0.05) is 11.5 Å². The number of allylic oxidation sites excluding steroid dienone is 1. The maximum Gasteiger partial charge on any atom is 0.123 e. The van der Waals surface area contributed by atoms with Gasteiger partial charge in [-0.25, -0.2) is 4.39 Å². The van der Waals surface area contributed by atoms with E-state index in [9.17, 15) is 4.39 Å². The molecule has 1 nitrogen and oxygen atoms in total. The van der Waals surface area contributed by atoms with Gasteiger partial charge in [0.1, 0.15) is 5.82 Å². The Hall–Kier alpha value is -1.15. The third-order valence-electron chi connectivity index (χ3n) is 3.29. The molecule has 0 radical (unpaired) electrons. The highest BCUT2D eigenvalue weighted by atomic mass is 19.1. The third-order valence-corrected chi connectivity index (χ3v) is 3.29. The molecule has 1 unspecified atom stereocenters. The van der Waals surface area contributed by atoms with Crippen molar-refractivity contribution in [2.45, 2.75) is 46.1 Å². The summed E-state index contributed by atoms with van der Waals surface area (Å²) < 4.78 is 13.0. The Morgan fingerprint density at radius 2 is 1.83 bits per heavy atom. The smallest absolute Gasteiger partial charge is 0.123 e. The van der Waals surface area contributed by atoms with Crippen LogP contribution in [0.2, 0.25) is 0 Å². The zero-order valence-electron chi connectivity index (χ0n) is 12.0. The maximum atomic E-state index is 13.0. The molecular weight excluding hydrogens is 225 g/mol. The summed E-state index contributed by atoms with van der Waals surface area (Å²) in [5.74, 6) is -0.184. The molecule has 1 aromatic carbocycles. The van der Waals surface area contributed by atoms with Crippen molar-refractivity contribution in [1.29, 1.82) is 0 Å². The molecule has 0 fully saturated rings. The molecule has 0 heterocycles. The molecule has 0 amide bonds. The van der Waals surface area contributed by atoms with E-state index < -0.39 is 0 Å². The number of halogens is 1. The van der Waals surface area contributed by atoms with E-state index in [1.54, 1.807) is 0 Å². The van der Waals surface area contributed by atoms with Crippen molar-refractivity contribution >= 4 is 0 Å². The fourth-order valence-electron chi connectivity index (χ4n) is 2.13. The van der Waals surface area contributed by atoms with Gasteiger partial charge in [-0.05, 0) is 38.1 Å². The molecule has 0 aliphatic rings. The first kappa shape index (κ1) is 14.9. The van der Waals surface area contributed by atoms with Crippen LogP contribution in [0.3, 0.4) is 0 Å². The summed E-state index contributed by atoms with van der Waals surface area (Å²) in [4.78, 5) is 0. The number of likely N-dealkylation sites (N-methyl/N-ethyl adjacent to an activating group) is 1. The summed E-state index contributed by atoms with van der Waals surface area (Å²) in [5.41, 5.74) is 2.37. The quantitative estimate of drug-likeness (QED) is 0.776. The normalized spacial score (nSPS) is 13.2. The molecule has 100 valence electrons. The second-order valence-electron chi connectivity index (χ2n) is 5.51.